The Morgan fingerprint density at radius 3 is 2.65 bits per heavy atom. The Balaban J connectivity index is 1.98. The Morgan fingerprint density at radius 2 is 2.00 bits per heavy atom. The Morgan fingerprint density at radius 1 is 1.30 bits per heavy atom. The molecular weight excluding hydrogens is 298 g/mol. The highest BCUT2D eigenvalue weighted by Gasteiger charge is 2.52. The Kier molecular flexibility index (Phi) is 3.48. The second-order valence-corrected chi connectivity index (χ2v) is 6.64. The van der Waals surface area contributed by atoms with Crippen LogP contribution < -0.4 is 20.5 Å². The molecule has 1 atom stereocenters. The second kappa shape index (κ2) is 5.13. The highest BCUT2D eigenvalue weighted by atomic mass is 16.7. The first-order valence-electron chi connectivity index (χ1n) is 7.60. The van der Waals surface area contributed by atoms with Crippen LogP contribution in [0.25, 0.3) is 0 Å². The molecule has 7 nitrogen and oxygen atoms in total. The zero-order chi connectivity index (χ0) is 16.8. The van der Waals surface area contributed by atoms with Crippen LogP contribution in [0.5, 0.6) is 11.5 Å². The number of carbonyl (C=O) groups excluding carboxylic acids is 2. The molecular formula is C16H21N3O4. The van der Waals surface area contributed by atoms with Crippen molar-refractivity contribution in [1.29, 1.82) is 0 Å². The van der Waals surface area contributed by atoms with E-state index in [1.807, 2.05) is 6.92 Å². The van der Waals surface area contributed by atoms with Gasteiger partial charge in [-0.3, -0.25) is 9.69 Å². The number of amides is 3. The number of rotatable bonds is 4. The van der Waals surface area contributed by atoms with Crippen molar-refractivity contribution in [2.45, 2.75) is 38.3 Å². The monoisotopic (exact) mass is 319 g/mol. The number of nitrogens with two attached hydrogens (primary N) is 1. The minimum absolute atomic E-state index is 0.157. The topological polar surface area (TPSA) is 93.9 Å². The first-order chi connectivity index (χ1) is 10.8. The summed E-state index contributed by atoms with van der Waals surface area (Å²) in [5.74, 6) is 0.925. The number of carbonyl (C=O) groups is 2. The average molecular weight is 319 g/mol. The summed E-state index contributed by atoms with van der Waals surface area (Å²) in [5.41, 5.74) is 4.90. The van der Waals surface area contributed by atoms with E-state index in [4.69, 9.17) is 15.2 Å². The zero-order valence-electron chi connectivity index (χ0n) is 13.5. The molecule has 0 radical (unpaired) electrons. The van der Waals surface area contributed by atoms with Crippen LogP contribution in [0.15, 0.2) is 18.2 Å². The van der Waals surface area contributed by atoms with Crippen molar-refractivity contribution in [3.05, 3.63) is 23.8 Å². The van der Waals surface area contributed by atoms with Crippen molar-refractivity contribution in [2.24, 2.45) is 5.73 Å². The van der Waals surface area contributed by atoms with E-state index in [-0.39, 0.29) is 19.2 Å². The molecule has 2 heterocycles. The molecule has 2 aliphatic heterocycles. The minimum Gasteiger partial charge on any atom is -0.454 e. The number of urea groups is 1. The van der Waals surface area contributed by atoms with Crippen molar-refractivity contribution in [2.75, 3.05) is 13.3 Å². The molecule has 0 aromatic heterocycles. The molecule has 1 aromatic carbocycles. The summed E-state index contributed by atoms with van der Waals surface area (Å²) in [6, 6.07) is 4.87. The fourth-order valence-corrected chi connectivity index (χ4v) is 2.98. The van der Waals surface area contributed by atoms with Crippen molar-refractivity contribution in [1.82, 2.24) is 10.2 Å². The van der Waals surface area contributed by atoms with E-state index in [0.717, 1.165) is 0 Å². The standard InChI is InChI=1S/C16H21N3O4/c1-4-16(10-5-6-11-12(7-10)23-9-22-11)13(20)19(14(21)18-16)8-15(2,3)17/h5-7H,4,8-9,17H2,1-3H3,(H,18,21). The van der Waals surface area contributed by atoms with Crippen LogP contribution in [0.1, 0.15) is 32.8 Å². The van der Waals surface area contributed by atoms with Crippen molar-refractivity contribution in [3.8, 4) is 11.5 Å². The minimum atomic E-state index is -1.09. The Bertz CT molecular complexity index is 668. The molecule has 1 aromatic rings. The number of imide groups is 1. The summed E-state index contributed by atoms with van der Waals surface area (Å²) in [5, 5.41) is 2.83. The summed E-state index contributed by atoms with van der Waals surface area (Å²) in [6.45, 7) is 5.73. The highest BCUT2D eigenvalue weighted by molar-refractivity contribution is 6.07. The first-order valence-corrected chi connectivity index (χ1v) is 7.60. The van der Waals surface area contributed by atoms with Gasteiger partial charge >= 0.3 is 6.03 Å². The van der Waals surface area contributed by atoms with Crippen LogP contribution >= 0.6 is 0 Å². The van der Waals surface area contributed by atoms with E-state index in [1.54, 1.807) is 32.0 Å². The van der Waals surface area contributed by atoms with Gasteiger partial charge in [-0.15, -0.1) is 0 Å². The molecule has 7 heteroatoms. The maximum atomic E-state index is 13.0. The summed E-state index contributed by atoms with van der Waals surface area (Å²) < 4.78 is 10.7. The lowest BCUT2D eigenvalue weighted by atomic mass is 9.86. The van der Waals surface area contributed by atoms with Crippen LogP contribution in [0, 0.1) is 0 Å². The SMILES string of the molecule is CCC1(c2ccc3c(c2)OCO3)NC(=O)N(CC(C)(C)N)C1=O. The van der Waals surface area contributed by atoms with Gasteiger partial charge in [0.15, 0.2) is 11.5 Å². The van der Waals surface area contributed by atoms with Gasteiger partial charge in [-0.1, -0.05) is 13.0 Å². The third kappa shape index (κ3) is 2.50. The molecule has 1 saturated heterocycles. The lowest BCUT2D eigenvalue weighted by Gasteiger charge is -2.28. The van der Waals surface area contributed by atoms with Gasteiger partial charge in [0.2, 0.25) is 6.79 Å². The van der Waals surface area contributed by atoms with Crippen LogP contribution in [0.3, 0.4) is 0 Å². The Labute approximate surface area is 134 Å². The van der Waals surface area contributed by atoms with Gasteiger partial charge in [0.1, 0.15) is 5.54 Å². The molecule has 124 valence electrons. The molecule has 0 spiro atoms. The summed E-state index contributed by atoms with van der Waals surface area (Å²) in [4.78, 5) is 26.5. The number of hydrogen-bond acceptors (Lipinski definition) is 5. The maximum absolute atomic E-state index is 13.0. The van der Waals surface area contributed by atoms with Gasteiger partial charge in [-0.05, 0) is 38.0 Å². The Hall–Kier alpha value is -2.28. The van der Waals surface area contributed by atoms with E-state index in [9.17, 15) is 9.59 Å². The van der Waals surface area contributed by atoms with Gasteiger partial charge in [-0.2, -0.15) is 0 Å². The molecule has 3 amide bonds. The van der Waals surface area contributed by atoms with Crippen molar-refractivity contribution in [3.63, 3.8) is 0 Å². The molecule has 1 unspecified atom stereocenters. The molecule has 3 N–H and O–H groups in total. The molecule has 3 rings (SSSR count). The van der Waals surface area contributed by atoms with Crippen molar-refractivity contribution >= 4 is 11.9 Å². The number of nitrogens with one attached hydrogen (secondary N) is 1. The lowest BCUT2D eigenvalue weighted by Crippen LogP contribution is -2.49. The van der Waals surface area contributed by atoms with Gasteiger partial charge in [0, 0.05) is 12.1 Å². The average Bonchev–Trinajstić information content (AvgIpc) is 3.03. The van der Waals surface area contributed by atoms with Crippen LogP contribution in [-0.4, -0.2) is 35.7 Å². The smallest absolute Gasteiger partial charge is 0.325 e. The van der Waals surface area contributed by atoms with Crippen molar-refractivity contribution < 1.29 is 19.1 Å². The molecule has 2 aliphatic rings. The van der Waals surface area contributed by atoms with Crippen LogP contribution in [0.4, 0.5) is 4.79 Å². The maximum Gasteiger partial charge on any atom is 0.325 e. The third-order valence-corrected chi connectivity index (χ3v) is 4.14. The molecule has 23 heavy (non-hydrogen) atoms. The van der Waals surface area contributed by atoms with E-state index < -0.39 is 17.1 Å². The summed E-state index contributed by atoms with van der Waals surface area (Å²) in [6.07, 6.45) is 0.429. The largest absolute Gasteiger partial charge is 0.454 e. The molecule has 0 aliphatic carbocycles. The van der Waals surface area contributed by atoms with E-state index >= 15 is 0 Å². The quantitative estimate of drug-likeness (QED) is 0.816. The molecule has 1 fully saturated rings. The van der Waals surface area contributed by atoms with Crippen LogP contribution in [-0.2, 0) is 10.3 Å². The van der Waals surface area contributed by atoms with E-state index in [2.05, 4.69) is 5.32 Å². The van der Waals surface area contributed by atoms with Gasteiger partial charge < -0.3 is 20.5 Å². The van der Waals surface area contributed by atoms with Crippen LogP contribution in [0.2, 0.25) is 0 Å². The third-order valence-electron chi connectivity index (χ3n) is 4.14. The number of ether oxygens (including phenoxy) is 2. The summed E-state index contributed by atoms with van der Waals surface area (Å²) in [7, 11) is 0. The second-order valence-electron chi connectivity index (χ2n) is 6.64. The number of benzene rings is 1. The predicted octanol–water partition coefficient (Wildman–Crippen LogP) is 1.31. The van der Waals surface area contributed by atoms with Gasteiger partial charge in [0.05, 0.1) is 0 Å². The fourth-order valence-electron chi connectivity index (χ4n) is 2.98. The zero-order valence-corrected chi connectivity index (χ0v) is 13.5. The normalized spacial score (nSPS) is 23.4. The first kappa shape index (κ1) is 15.6. The summed E-state index contributed by atoms with van der Waals surface area (Å²) >= 11 is 0. The highest BCUT2D eigenvalue weighted by Crippen LogP contribution is 2.39. The predicted molar refractivity (Wildman–Crippen MR) is 83.0 cm³/mol. The number of fused-ring (bicyclic) bond motifs is 1. The van der Waals surface area contributed by atoms with E-state index in [0.29, 0.717) is 23.5 Å². The van der Waals surface area contributed by atoms with Gasteiger partial charge in [0.25, 0.3) is 5.91 Å². The molecule has 0 saturated carbocycles. The lowest BCUT2D eigenvalue weighted by molar-refractivity contribution is -0.132. The fraction of sp³-hybridized carbons (Fsp3) is 0.500. The van der Waals surface area contributed by atoms with E-state index in [1.165, 1.54) is 4.90 Å². The molecule has 0 bridgehead atoms. The number of hydrogen-bond donors (Lipinski definition) is 2. The van der Waals surface area contributed by atoms with Gasteiger partial charge in [-0.25, -0.2) is 4.79 Å². The number of nitrogens with zero attached hydrogens (tertiary/aromatic N) is 1.